The summed E-state index contributed by atoms with van der Waals surface area (Å²) in [5.41, 5.74) is 2.10. The molecular formula is C19H18N4O3. The van der Waals surface area contributed by atoms with E-state index in [1.54, 1.807) is 43.6 Å². The number of methoxy groups -OCH3 is 2. The summed E-state index contributed by atoms with van der Waals surface area (Å²) in [5, 5.41) is 6.30. The minimum absolute atomic E-state index is 0.378. The summed E-state index contributed by atoms with van der Waals surface area (Å²) in [4.78, 5) is 20.1. The van der Waals surface area contributed by atoms with E-state index >= 15 is 0 Å². The topological polar surface area (TPSA) is 85.4 Å². The van der Waals surface area contributed by atoms with Crippen molar-refractivity contribution in [2.75, 3.05) is 24.9 Å². The van der Waals surface area contributed by atoms with Gasteiger partial charge < -0.3 is 20.1 Å². The Morgan fingerprint density at radius 1 is 0.962 bits per heavy atom. The van der Waals surface area contributed by atoms with E-state index in [9.17, 15) is 4.79 Å². The number of carbonyl (C=O) groups is 1. The highest BCUT2D eigenvalue weighted by Gasteiger charge is 2.06. The number of benzene rings is 2. The molecule has 0 aliphatic rings. The largest absolute Gasteiger partial charge is 0.497 e. The number of hydrogen-bond acceptors (Lipinski definition) is 7. The predicted octanol–water partition coefficient (Wildman–Crippen LogP) is 3.76. The molecule has 3 aromatic rings. The Bertz CT molecular complexity index is 897. The van der Waals surface area contributed by atoms with Gasteiger partial charge in [0, 0.05) is 23.6 Å². The molecule has 0 saturated heterocycles. The van der Waals surface area contributed by atoms with Crippen molar-refractivity contribution >= 4 is 29.1 Å². The van der Waals surface area contributed by atoms with Crippen LogP contribution < -0.4 is 15.4 Å². The lowest BCUT2D eigenvalue weighted by atomic mass is 10.2. The molecule has 0 atom stereocenters. The van der Waals surface area contributed by atoms with Gasteiger partial charge >= 0.3 is 5.97 Å². The van der Waals surface area contributed by atoms with Crippen molar-refractivity contribution in [2.24, 2.45) is 0 Å². The first kappa shape index (κ1) is 17.2. The van der Waals surface area contributed by atoms with Gasteiger partial charge in [-0.05, 0) is 42.5 Å². The number of hydrogen-bond donors (Lipinski definition) is 2. The van der Waals surface area contributed by atoms with Crippen LogP contribution in [0.2, 0.25) is 0 Å². The maximum absolute atomic E-state index is 11.5. The molecule has 3 rings (SSSR count). The second kappa shape index (κ2) is 7.98. The molecule has 0 radical (unpaired) electrons. The Morgan fingerprint density at radius 3 is 2.50 bits per heavy atom. The van der Waals surface area contributed by atoms with Crippen LogP contribution in [0, 0.1) is 0 Å². The molecule has 7 heteroatoms. The summed E-state index contributed by atoms with van der Waals surface area (Å²) < 4.78 is 9.89. The van der Waals surface area contributed by atoms with Gasteiger partial charge in [0.1, 0.15) is 11.6 Å². The molecule has 2 aromatic carbocycles. The molecule has 2 N–H and O–H groups in total. The number of nitrogens with zero attached hydrogens (tertiary/aromatic N) is 2. The van der Waals surface area contributed by atoms with Crippen molar-refractivity contribution in [3.63, 3.8) is 0 Å². The van der Waals surface area contributed by atoms with Gasteiger partial charge in [-0.25, -0.2) is 9.78 Å². The van der Waals surface area contributed by atoms with E-state index in [1.807, 2.05) is 24.3 Å². The molecule has 1 aromatic heterocycles. The summed E-state index contributed by atoms with van der Waals surface area (Å²) in [7, 11) is 2.97. The third kappa shape index (κ3) is 4.27. The second-order valence-electron chi connectivity index (χ2n) is 5.32. The number of anilines is 4. The maximum atomic E-state index is 11.5. The van der Waals surface area contributed by atoms with E-state index < -0.39 is 0 Å². The van der Waals surface area contributed by atoms with E-state index in [1.165, 1.54) is 7.11 Å². The Labute approximate surface area is 151 Å². The molecule has 0 amide bonds. The quantitative estimate of drug-likeness (QED) is 0.655. The minimum atomic E-state index is -0.378. The Kier molecular flexibility index (Phi) is 5.28. The first-order valence-electron chi connectivity index (χ1n) is 7.87. The number of aromatic nitrogens is 2. The SMILES string of the molecule is COC(=O)c1ccc(Nc2nccc(Nc3cccc(OC)c3)n2)cc1. The molecule has 7 nitrogen and oxygen atoms in total. The zero-order valence-electron chi connectivity index (χ0n) is 14.4. The van der Waals surface area contributed by atoms with E-state index in [4.69, 9.17) is 4.74 Å². The molecule has 0 aliphatic carbocycles. The first-order valence-corrected chi connectivity index (χ1v) is 7.87. The van der Waals surface area contributed by atoms with Crippen LogP contribution in [0.5, 0.6) is 5.75 Å². The smallest absolute Gasteiger partial charge is 0.337 e. The summed E-state index contributed by atoms with van der Waals surface area (Å²) >= 11 is 0. The normalized spacial score (nSPS) is 10.1. The fraction of sp³-hybridized carbons (Fsp3) is 0.105. The van der Waals surface area contributed by atoms with Crippen LogP contribution in [-0.2, 0) is 4.74 Å². The predicted molar refractivity (Wildman–Crippen MR) is 99.4 cm³/mol. The van der Waals surface area contributed by atoms with Crippen LogP contribution in [0.25, 0.3) is 0 Å². The monoisotopic (exact) mass is 350 g/mol. The van der Waals surface area contributed by atoms with Gasteiger partial charge in [0.05, 0.1) is 19.8 Å². The molecule has 26 heavy (non-hydrogen) atoms. The number of ether oxygens (including phenoxy) is 2. The zero-order valence-corrected chi connectivity index (χ0v) is 14.4. The molecule has 1 heterocycles. The van der Waals surface area contributed by atoms with Crippen LogP contribution in [0.3, 0.4) is 0 Å². The second-order valence-corrected chi connectivity index (χ2v) is 5.32. The van der Waals surface area contributed by atoms with Gasteiger partial charge in [-0.15, -0.1) is 0 Å². The van der Waals surface area contributed by atoms with Crippen LogP contribution in [-0.4, -0.2) is 30.2 Å². The Morgan fingerprint density at radius 2 is 1.77 bits per heavy atom. The lowest BCUT2D eigenvalue weighted by molar-refractivity contribution is 0.0601. The third-order valence-electron chi connectivity index (χ3n) is 3.56. The number of rotatable bonds is 6. The highest BCUT2D eigenvalue weighted by atomic mass is 16.5. The number of esters is 1. The lowest BCUT2D eigenvalue weighted by Crippen LogP contribution is -2.02. The summed E-state index contributed by atoms with van der Waals surface area (Å²) in [6.07, 6.45) is 1.65. The van der Waals surface area contributed by atoms with Crippen LogP contribution >= 0.6 is 0 Å². The molecule has 0 saturated carbocycles. The van der Waals surface area contributed by atoms with Gasteiger partial charge in [0.2, 0.25) is 5.95 Å². The fourth-order valence-electron chi connectivity index (χ4n) is 2.27. The van der Waals surface area contributed by atoms with E-state index in [-0.39, 0.29) is 5.97 Å². The van der Waals surface area contributed by atoms with Crippen molar-refractivity contribution in [1.82, 2.24) is 9.97 Å². The van der Waals surface area contributed by atoms with Crippen molar-refractivity contribution in [1.29, 1.82) is 0 Å². The Balaban J connectivity index is 1.71. The summed E-state index contributed by atoms with van der Waals surface area (Å²) in [6, 6.07) is 16.2. The average Bonchev–Trinajstić information content (AvgIpc) is 2.68. The maximum Gasteiger partial charge on any atom is 0.337 e. The summed E-state index contributed by atoms with van der Waals surface area (Å²) in [6.45, 7) is 0. The molecule has 0 bridgehead atoms. The number of nitrogens with one attached hydrogen (secondary N) is 2. The lowest BCUT2D eigenvalue weighted by Gasteiger charge is -2.09. The molecular weight excluding hydrogens is 332 g/mol. The summed E-state index contributed by atoms with van der Waals surface area (Å²) in [5.74, 6) is 1.45. The van der Waals surface area contributed by atoms with Gasteiger partial charge in [-0.3, -0.25) is 0 Å². The minimum Gasteiger partial charge on any atom is -0.497 e. The molecule has 0 aliphatic heterocycles. The van der Waals surface area contributed by atoms with E-state index in [0.717, 1.165) is 17.1 Å². The van der Waals surface area contributed by atoms with Gasteiger partial charge in [-0.2, -0.15) is 4.98 Å². The standard InChI is InChI=1S/C19H18N4O3/c1-25-16-5-3-4-15(12-16)21-17-10-11-20-19(23-17)22-14-8-6-13(7-9-14)18(24)26-2/h3-12H,1-2H3,(H2,20,21,22,23). The Hall–Kier alpha value is -3.61. The van der Waals surface area contributed by atoms with Crippen LogP contribution in [0.1, 0.15) is 10.4 Å². The van der Waals surface area contributed by atoms with Gasteiger partial charge in [0.25, 0.3) is 0 Å². The van der Waals surface area contributed by atoms with Crippen molar-refractivity contribution < 1.29 is 14.3 Å². The van der Waals surface area contributed by atoms with Crippen molar-refractivity contribution in [2.45, 2.75) is 0 Å². The molecule has 0 spiro atoms. The molecule has 0 unspecified atom stereocenters. The first-order chi connectivity index (χ1) is 12.7. The molecule has 132 valence electrons. The van der Waals surface area contributed by atoms with Crippen LogP contribution in [0.15, 0.2) is 60.8 Å². The fourth-order valence-corrected chi connectivity index (χ4v) is 2.27. The highest BCUT2D eigenvalue weighted by molar-refractivity contribution is 5.89. The third-order valence-corrected chi connectivity index (χ3v) is 3.56. The number of carbonyl (C=O) groups excluding carboxylic acids is 1. The zero-order chi connectivity index (χ0) is 18.4. The van der Waals surface area contributed by atoms with Gasteiger partial charge in [-0.1, -0.05) is 6.07 Å². The highest BCUT2D eigenvalue weighted by Crippen LogP contribution is 2.21. The van der Waals surface area contributed by atoms with Crippen molar-refractivity contribution in [3.8, 4) is 5.75 Å². The van der Waals surface area contributed by atoms with Crippen LogP contribution in [0.4, 0.5) is 23.1 Å². The average molecular weight is 350 g/mol. The van der Waals surface area contributed by atoms with E-state index in [0.29, 0.717) is 17.3 Å². The van der Waals surface area contributed by atoms with Crippen molar-refractivity contribution in [3.05, 3.63) is 66.4 Å². The van der Waals surface area contributed by atoms with Gasteiger partial charge in [0.15, 0.2) is 0 Å². The molecule has 0 fully saturated rings. The van der Waals surface area contributed by atoms with E-state index in [2.05, 4.69) is 25.3 Å².